The van der Waals surface area contributed by atoms with Gasteiger partial charge >= 0.3 is 0 Å². The molecule has 1 aliphatic rings. The molecule has 3 nitrogen and oxygen atoms in total. The van der Waals surface area contributed by atoms with E-state index in [-0.39, 0.29) is 0 Å². The Kier molecular flexibility index (Phi) is 4.83. The summed E-state index contributed by atoms with van der Waals surface area (Å²) in [5.41, 5.74) is 2.54. The molecule has 2 heterocycles. The number of nitrogens with one attached hydrogen (secondary N) is 1. The highest BCUT2D eigenvalue weighted by molar-refractivity contribution is 8.00. The molecule has 94 valence electrons. The molecule has 0 unspecified atom stereocenters. The first-order valence-corrected chi connectivity index (χ1v) is 7.08. The predicted octanol–water partition coefficient (Wildman–Crippen LogP) is 2.38. The number of hydrogen-bond acceptors (Lipinski definition) is 4. The molecule has 0 saturated carbocycles. The van der Waals surface area contributed by atoms with Gasteiger partial charge in [0.1, 0.15) is 0 Å². The molecule has 4 heteroatoms. The average molecular weight is 252 g/mol. The van der Waals surface area contributed by atoms with Crippen LogP contribution in [0.15, 0.2) is 17.3 Å². The SMILES string of the molecule is CCCNCc1cnc(SC2COC2)c(C)c1. The van der Waals surface area contributed by atoms with Crippen LogP contribution in [0.1, 0.15) is 24.5 Å². The standard InChI is InChI=1S/C13H20N2OS/c1-3-4-14-6-11-5-10(2)13(15-7-11)17-12-8-16-9-12/h5,7,12,14H,3-4,6,8-9H2,1-2H3. The van der Waals surface area contributed by atoms with Crippen LogP contribution in [0, 0.1) is 6.92 Å². The number of rotatable bonds is 6. The summed E-state index contributed by atoms with van der Waals surface area (Å²) >= 11 is 1.84. The molecular formula is C13H20N2OS. The van der Waals surface area contributed by atoms with Crippen molar-refractivity contribution in [2.45, 2.75) is 37.1 Å². The van der Waals surface area contributed by atoms with Crippen molar-refractivity contribution >= 4 is 11.8 Å². The van der Waals surface area contributed by atoms with E-state index in [4.69, 9.17) is 4.74 Å². The van der Waals surface area contributed by atoms with E-state index in [1.807, 2.05) is 18.0 Å². The monoisotopic (exact) mass is 252 g/mol. The Morgan fingerprint density at radius 1 is 1.53 bits per heavy atom. The maximum Gasteiger partial charge on any atom is 0.0993 e. The van der Waals surface area contributed by atoms with Gasteiger partial charge in [0.2, 0.25) is 0 Å². The van der Waals surface area contributed by atoms with Gasteiger partial charge in [0, 0.05) is 12.7 Å². The predicted molar refractivity (Wildman–Crippen MR) is 71.4 cm³/mol. The number of pyridine rings is 1. The lowest BCUT2D eigenvalue weighted by molar-refractivity contribution is 0.0454. The first-order chi connectivity index (χ1) is 8.29. The van der Waals surface area contributed by atoms with Gasteiger partial charge in [-0.1, -0.05) is 24.8 Å². The van der Waals surface area contributed by atoms with Crippen molar-refractivity contribution in [2.24, 2.45) is 0 Å². The molecule has 1 aliphatic heterocycles. The number of aromatic nitrogens is 1. The van der Waals surface area contributed by atoms with E-state index in [2.05, 4.69) is 30.2 Å². The highest BCUT2D eigenvalue weighted by atomic mass is 32.2. The van der Waals surface area contributed by atoms with E-state index in [0.29, 0.717) is 5.25 Å². The number of nitrogens with zero attached hydrogens (tertiary/aromatic N) is 1. The molecule has 0 aromatic carbocycles. The second kappa shape index (κ2) is 6.38. The largest absolute Gasteiger partial charge is 0.379 e. The van der Waals surface area contributed by atoms with Crippen molar-refractivity contribution in [2.75, 3.05) is 19.8 Å². The van der Waals surface area contributed by atoms with Crippen molar-refractivity contribution in [3.63, 3.8) is 0 Å². The Morgan fingerprint density at radius 3 is 2.94 bits per heavy atom. The Labute approximate surface area is 107 Å². The molecule has 0 spiro atoms. The minimum atomic E-state index is 0.602. The summed E-state index contributed by atoms with van der Waals surface area (Å²) < 4.78 is 5.18. The average Bonchev–Trinajstić information content (AvgIpc) is 2.26. The molecule has 1 N–H and O–H groups in total. The summed E-state index contributed by atoms with van der Waals surface area (Å²) in [4.78, 5) is 4.55. The molecule has 1 fully saturated rings. The molecule has 1 saturated heterocycles. The third-order valence-electron chi connectivity index (χ3n) is 2.73. The molecule has 1 aromatic heterocycles. The van der Waals surface area contributed by atoms with E-state index < -0.39 is 0 Å². The summed E-state index contributed by atoms with van der Waals surface area (Å²) in [6, 6.07) is 2.23. The van der Waals surface area contributed by atoms with Crippen molar-refractivity contribution in [1.82, 2.24) is 10.3 Å². The zero-order chi connectivity index (χ0) is 12.1. The first kappa shape index (κ1) is 12.9. The lowest BCUT2D eigenvalue weighted by Crippen LogP contribution is -2.30. The van der Waals surface area contributed by atoms with Gasteiger partial charge in [0.05, 0.1) is 23.5 Å². The number of hydrogen-bond donors (Lipinski definition) is 1. The fourth-order valence-corrected chi connectivity index (χ4v) is 2.69. The number of thioether (sulfide) groups is 1. The molecule has 17 heavy (non-hydrogen) atoms. The van der Waals surface area contributed by atoms with Crippen LogP contribution < -0.4 is 5.32 Å². The maximum atomic E-state index is 5.18. The Bertz CT molecular complexity index is 366. The van der Waals surface area contributed by atoms with Crippen LogP contribution in [-0.2, 0) is 11.3 Å². The first-order valence-electron chi connectivity index (χ1n) is 6.20. The zero-order valence-corrected chi connectivity index (χ0v) is 11.3. The number of aryl methyl sites for hydroxylation is 1. The lowest BCUT2D eigenvalue weighted by atomic mass is 10.2. The van der Waals surface area contributed by atoms with E-state index in [0.717, 1.165) is 31.3 Å². The fraction of sp³-hybridized carbons (Fsp3) is 0.615. The van der Waals surface area contributed by atoms with Gasteiger partial charge in [-0.05, 0) is 31.0 Å². The van der Waals surface area contributed by atoms with Gasteiger partial charge in [-0.3, -0.25) is 0 Å². The van der Waals surface area contributed by atoms with Crippen LogP contribution in [0.25, 0.3) is 0 Å². The summed E-state index contributed by atoms with van der Waals surface area (Å²) in [6.45, 7) is 8.03. The molecule has 1 aromatic rings. The molecule has 0 bridgehead atoms. The van der Waals surface area contributed by atoms with Crippen LogP contribution in [-0.4, -0.2) is 30.0 Å². The van der Waals surface area contributed by atoms with Crippen LogP contribution in [0.5, 0.6) is 0 Å². The quantitative estimate of drug-likeness (QED) is 0.788. The van der Waals surface area contributed by atoms with Gasteiger partial charge in [-0.2, -0.15) is 0 Å². The van der Waals surface area contributed by atoms with E-state index in [9.17, 15) is 0 Å². The topological polar surface area (TPSA) is 34.2 Å². The van der Waals surface area contributed by atoms with Gasteiger partial charge in [0.25, 0.3) is 0 Å². The molecular weight excluding hydrogens is 232 g/mol. The number of ether oxygens (including phenoxy) is 1. The molecule has 2 rings (SSSR count). The van der Waals surface area contributed by atoms with Crippen LogP contribution in [0.3, 0.4) is 0 Å². The minimum Gasteiger partial charge on any atom is -0.379 e. The Balaban J connectivity index is 1.90. The van der Waals surface area contributed by atoms with Crippen molar-refractivity contribution in [3.05, 3.63) is 23.4 Å². The third kappa shape index (κ3) is 3.69. The van der Waals surface area contributed by atoms with Crippen LogP contribution in [0.4, 0.5) is 0 Å². The summed E-state index contributed by atoms with van der Waals surface area (Å²) in [5.74, 6) is 0. The molecule has 0 amide bonds. The van der Waals surface area contributed by atoms with Crippen LogP contribution in [0.2, 0.25) is 0 Å². The van der Waals surface area contributed by atoms with Crippen molar-refractivity contribution < 1.29 is 4.74 Å². The summed E-state index contributed by atoms with van der Waals surface area (Å²) in [7, 11) is 0. The normalized spacial score (nSPS) is 15.9. The van der Waals surface area contributed by atoms with E-state index in [1.54, 1.807) is 0 Å². The molecule has 0 atom stereocenters. The van der Waals surface area contributed by atoms with Gasteiger partial charge in [-0.15, -0.1) is 0 Å². The second-order valence-electron chi connectivity index (χ2n) is 4.42. The molecule has 0 radical (unpaired) electrons. The van der Waals surface area contributed by atoms with Crippen molar-refractivity contribution in [1.29, 1.82) is 0 Å². The van der Waals surface area contributed by atoms with Gasteiger partial charge in [-0.25, -0.2) is 4.98 Å². The zero-order valence-electron chi connectivity index (χ0n) is 10.5. The fourth-order valence-electron chi connectivity index (χ4n) is 1.69. The Hall–Kier alpha value is -0.580. The second-order valence-corrected chi connectivity index (χ2v) is 5.71. The molecule has 0 aliphatic carbocycles. The summed E-state index contributed by atoms with van der Waals surface area (Å²) in [6.07, 6.45) is 3.15. The van der Waals surface area contributed by atoms with Gasteiger partial charge in [0.15, 0.2) is 0 Å². The lowest BCUT2D eigenvalue weighted by Gasteiger charge is -2.25. The maximum absolute atomic E-state index is 5.18. The van der Waals surface area contributed by atoms with Gasteiger partial charge < -0.3 is 10.1 Å². The van der Waals surface area contributed by atoms with E-state index in [1.165, 1.54) is 17.5 Å². The minimum absolute atomic E-state index is 0.602. The highest BCUT2D eigenvalue weighted by Gasteiger charge is 2.20. The third-order valence-corrected chi connectivity index (χ3v) is 3.98. The van der Waals surface area contributed by atoms with E-state index >= 15 is 0 Å². The smallest absolute Gasteiger partial charge is 0.0993 e. The highest BCUT2D eigenvalue weighted by Crippen LogP contribution is 2.28. The van der Waals surface area contributed by atoms with Crippen molar-refractivity contribution in [3.8, 4) is 0 Å². The Morgan fingerprint density at radius 2 is 2.35 bits per heavy atom. The van der Waals surface area contributed by atoms with Crippen LogP contribution >= 0.6 is 11.8 Å². The summed E-state index contributed by atoms with van der Waals surface area (Å²) in [5, 5.41) is 5.15.